The minimum absolute atomic E-state index is 0.154. The number of hydrogen-bond donors (Lipinski definition) is 2. The molecule has 2 N–H and O–H groups in total. The first kappa shape index (κ1) is 23.9. The number of amides is 2. The maximum Gasteiger partial charge on any atom is 0.407 e. The average Bonchev–Trinajstić information content (AvgIpc) is 2.74. The van der Waals surface area contributed by atoms with Gasteiger partial charge < -0.3 is 20.1 Å². The molecule has 0 aromatic heterocycles. The molecule has 3 aliphatic rings. The van der Waals surface area contributed by atoms with Crippen molar-refractivity contribution in [1.82, 2.24) is 10.6 Å². The molecule has 0 unspecified atom stereocenters. The molecule has 6 nitrogen and oxygen atoms in total. The first-order valence-corrected chi connectivity index (χ1v) is 12.4. The van der Waals surface area contributed by atoms with Crippen LogP contribution in [-0.2, 0) is 9.47 Å². The van der Waals surface area contributed by atoms with Crippen LogP contribution in [0.4, 0.5) is 9.59 Å². The number of carbonyl (C=O) groups is 2. The predicted octanol–water partition coefficient (Wildman–Crippen LogP) is 5.71. The number of nitrogens with one attached hydrogen (secondary N) is 2. The highest BCUT2D eigenvalue weighted by atomic mass is 16.6. The summed E-state index contributed by atoms with van der Waals surface area (Å²) in [6, 6.07) is 0.441. The van der Waals surface area contributed by atoms with Gasteiger partial charge in [-0.05, 0) is 50.9 Å². The lowest BCUT2D eigenvalue weighted by Gasteiger charge is -2.45. The summed E-state index contributed by atoms with van der Waals surface area (Å²) >= 11 is 0. The third-order valence-corrected chi connectivity index (χ3v) is 7.85. The van der Waals surface area contributed by atoms with Gasteiger partial charge in [0.25, 0.3) is 0 Å². The smallest absolute Gasteiger partial charge is 0.407 e. The summed E-state index contributed by atoms with van der Waals surface area (Å²) in [5, 5.41) is 6.07. The SMILES string of the molecule is CC1=C[C@H](C)C(COC(=O)NC2CCCCC2)(COC(=O)NC2CCCCC2)[C@@H](C)C1. The predicted molar refractivity (Wildman–Crippen MR) is 122 cm³/mol. The van der Waals surface area contributed by atoms with Crippen molar-refractivity contribution >= 4 is 12.2 Å². The van der Waals surface area contributed by atoms with Gasteiger partial charge in [0, 0.05) is 17.5 Å². The molecule has 2 amide bonds. The van der Waals surface area contributed by atoms with Crippen molar-refractivity contribution in [3.63, 3.8) is 0 Å². The van der Waals surface area contributed by atoms with Crippen molar-refractivity contribution in [1.29, 1.82) is 0 Å². The van der Waals surface area contributed by atoms with E-state index in [0.29, 0.717) is 0 Å². The van der Waals surface area contributed by atoms with Crippen LogP contribution >= 0.6 is 0 Å². The van der Waals surface area contributed by atoms with Crippen molar-refractivity contribution in [2.75, 3.05) is 13.2 Å². The molecule has 31 heavy (non-hydrogen) atoms. The average molecular weight is 435 g/mol. The fourth-order valence-corrected chi connectivity index (χ4v) is 5.70. The lowest BCUT2D eigenvalue weighted by Crippen LogP contribution is -2.49. The Balaban J connectivity index is 1.58. The number of allylic oxidation sites excluding steroid dienone is 2. The van der Waals surface area contributed by atoms with Crippen molar-refractivity contribution in [2.45, 2.75) is 103 Å². The quantitative estimate of drug-likeness (QED) is 0.525. The lowest BCUT2D eigenvalue weighted by atomic mass is 9.63. The zero-order valence-corrected chi connectivity index (χ0v) is 19.7. The van der Waals surface area contributed by atoms with Crippen LogP contribution in [0.5, 0.6) is 0 Å². The molecule has 2 saturated carbocycles. The van der Waals surface area contributed by atoms with E-state index >= 15 is 0 Å². The molecule has 6 heteroatoms. The molecule has 176 valence electrons. The van der Waals surface area contributed by atoms with Gasteiger partial charge in [-0.1, -0.05) is 64.0 Å². The van der Waals surface area contributed by atoms with Gasteiger partial charge in [-0.15, -0.1) is 0 Å². The van der Waals surface area contributed by atoms with Crippen LogP contribution in [0, 0.1) is 17.3 Å². The maximum absolute atomic E-state index is 12.5. The van der Waals surface area contributed by atoms with E-state index in [9.17, 15) is 9.59 Å². The molecule has 2 atom stereocenters. The van der Waals surface area contributed by atoms with Crippen molar-refractivity contribution in [3.8, 4) is 0 Å². The molecule has 0 aromatic rings. The van der Waals surface area contributed by atoms with Crippen LogP contribution in [0.3, 0.4) is 0 Å². The summed E-state index contributed by atoms with van der Waals surface area (Å²) in [6.45, 7) is 6.98. The largest absolute Gasteiger partial charge is 0.449 e. The highest BCUT2D eigenvalue weighted by molar-refractivity contribution is 5.68. The molecule has 3 aliphatic carbocycles. The molecule has 0 aromatic carbocycles. The van der Waals surface area contributed by atoms with Gasteiger partial charge >= 0.3 is 12.2 Å². The van der Waals surface area contributed by atoms with Crippen LogP contribution in [0.15, 0.2) is 11.6 Å². The summed E-state index contributed by atoms with van der Waals surface area (Å²) in [5.41, 5.74) is 0.932. The number of rotatable bonds is 6. The van der Waals surface area contributed by atoms with E-state index in [1.165, 1.54) is 18.4 Å². The fraction of sp³-hybridized carbons (Fsp3) is 0.840. The first-order chi connectivity index (χ1) is 14.9. The van der Waals surface area contributed by atoms with E-state index in [0.717, 1.165) is 57.8 Å². The van der Waals surface area contributed by atoms with Gasteiger partial charge in [-0.3, -0.25) is 0 Å². The standard InChI is InChI=1S/C25H42N2O4/c1-18-14-19(2)25(20(3)15-18,16-30-23(28)26-21-10-6-4-7-11-21)17-31-24(29)27-22-12-8-5-9-13-22/h14,19-22H,4-13,15-17H2,1-3H3,(H,26,28)(H,27,29)/t19-,20-/m0/s1. The molecular formula is C25H42N2O4. The van der Waals surface area contributed by atoms with Gasteiger partial charge in [-0.25, -0.2) is 9.59 Å². The lowest BCUT2D eigenvalue weighted by molar-refractivity contribution is -0.0372. The Labute approximate surface area is 187 Å². The first-order valence-electron chi connectivity index (χ1n) is 12.4. The second-order valence-corrected chi connectivity index (χ2v) is 10.3. The van der Waals surface area contributed by atoms with Gasteiger partial charge in [0.2, 0.25) is 0 Å². The van der Waals surface area contributed by atoms with Crippen LogP contribution in [0.1, 0.15) is 91.4 Å². The molecule has 0 spiro atoms. The van der Waals surface area contributed by atoms with Gasteiger partial charge in [-0.2, -0.15) is 0 Å². The summed E-state index contributed by atoms with van der Waals surface area (Å²) in [7, 11) is 0. The molecule has 3 rings (SSSR count). The third kappa shape index (κ3) is 6.63. The Hall–Kier alpha value is -1.72. The molecule has 0 saturated heterocycles. The highest BCUT2D eigenvalue weighted by Gasteiger charge is 2.45. The van der Waals surface area contributed by atoms with Gasteiger partial charge in [0.1, 0.15) is 13.2 Å². The Morgan fingerprint density at radius 1 is 0.871 bits per heavy atom. The van der Waals surface area contributed by atoms with E-state index in [4.69, 9.17) is 9.47 Å². The summed E-state index contributed by atoms with van der Waals surface area (Å²) in [5.74, 6) is 0.402. The zero-order chi connectivity index (χ0) is 22.3. The molecule has 0 bridgehead atoms. The number of carbonyl (C=O) groups excluding carboxylic acids is 2. The summed E-state index contributed by atoms with van der Waals surface area (Å²) < 4.78 is 11.5. The molecule has 0 radical (unpaired) electrons. The van der Waals surface area contributed by atoms with Crippen LogP contribution in [-0.4, -0.2) is 37.5 Å². The monoisotopic (exact) mass is 434 g/mol. The van der Waals surface area contributed by atoms with E-state index < -0.39 is 5.41 Å². The third-order valence-electron chi connectivity index (χ3n) is 7.85. The Kier molecular flexibility index (Phi) is 8.67. The second-order valence-electron chi connectivity index (χ2n) is 10.3. The molecule has 2 fully saturated rings. The van der Waals surface area contributed by atoms with Crippen molar-refractivity contribution < 1.29 is 19.1 Å². The fourth-order valence-electron chi connectivity index (χ4n) is 5.70. The number of alkyl carbamates (subject to hydrolysis) is 2. The molecule has 0 heterocycles. The van der Waals surface area contributed by atoms with E-state index in [-0.39, 0.29) is 49.3 Å². The number of hydrogen-bond acceptors (Lipinski definition) is 4. The molecule has 0 aliphatic heterocycles. The van der Waals surface area contributed by atoms with Gasteiger partial charge in [0.15, 0.2) is 0 Å². The Bertz CT molecular complexity index is 599. The minimum atomic E-state index is -0.409. The van der Waals surface area contributed by atoms with E-state index in [1.54, 1.807) is 0 Å². The van der Waals surface area contributed by atoms with E-state index in [2.05, 4.69) is 37.5 Å². The summed E-state index contributed by atoms with van der Waals surface area (Å²) in [6.07, 6.45) is 13.7. The second kappa shape index (κ2) is 11.2. The van der Waals surface area contributed by atoms with Gasteiger partial charge in [0.05, 0.1) is 0 Å². The highest BCUT2D eigenvalue weighted by Crippen LogP contribution is 2.45. The van der Waals surface area contributed by atoms with E-state index in [1.807, 2.05) is 0 Å². The van der Waals surface area contributed by atoms with Crippen LogP contribution in [0.25, 0.3) is 0 Å². The Morgan fingerprint density at radius 3 is 1.74 bits per heavy atom. The maximum atomic E-state index is 12.5. The topological polar surface area (TPSA) is 76.7 Å². The van der Waals surface area contributed by atoms with Crippen LogP contribution < -0.4 is 10.6 Å². The minimum Gasteiger partial charge on any atom is -0.449 e. The summed E-state index contributed by atoms with van der Waals surface area (Å²) in [4.78, 5) is 25.0. The van der Waals surface area contributed by atoms with Crippen molar-refractivity contribution in [3.05, 3.63) is 11.6 Å². The zero-order valence-electron chi connectivity index (χ0n) is 19.7. The van der Waals surface area contributed by atoms with Crippen LogP contribution in [0.2, 0.25) is 0 Å². The Morgan fingerprint density at radius 2 is 1.32 bits per heavy atom. The number of ether oxygens (including phenoxy) is 2. The normalized spacial score (nSPS) is 27.1. The molecular weight excluding hydrogens is 392 g/mol. The van der Waals surface area contributed by atoms with Crippen molar-refractivity contribution in [2.24, 2.45) is 17.3 Å².